The van der Waals surface area contributed by atoms with E-state index in [-0.39, 0.29) is 23.4 Å². The molecule has 0 saturated carbocycles. The summed E-state index contributed by atoms with van der Waals surface area (Å²) >= 11 is 0. The lowest BCUT2D eigenvalue weighted by molar-refractivity contribution is -0.385. The van der Waals surface area contributed by atoms with Gasteiger partial charge in [-0.1, -0.05) is 12.1 Å². The van der Waals surface area contributed by atoms with Gasteiger partial charge in [0.2, 0.25) is 0 Å². The minimum absolute atomic E-state index is 0.0227. The molecule has 214 valence electrons. The second kappa shape index (κ2) is 10.1. The Hall–Kier alpha value is -3.34. The van der Waals surface area contributed by atoms with Crippen molar-refractivity contribution < 1.29 is 66.4 Å². The smallest absolute Gasteiger partial charge is 0.399 e. The summed E-state index contributed by atoms with van der Waals surface area (Å²) in [6.07, 6.45) is -24.7. The van der Waals surface area contributed by atoms with Gasteiger partial charge in [-0.05, 0) is 37.6 Å². The number of nitro benzene ring substituents is 1. The molecule has 0 atom stereocenters. The molecular weight excluding hydrogens is 566 g/mol. The molecule has 0 spiro atoms. The second-order valence-corrected chi connectivity index (χ2v) is 7.64. The number of hydrogen-bond acceptors (Lipinski definition) is 3. The molecule has 2 rings (SSSR count). The summed E-state index contributed by atoms with van der Waals surface area (Å²) in [6.45, 7) is 2.10. The molecule has 2 N–H and O–H groups in total. The molecule has 0 aliphatic carbocycles. The van der Waals surface area contributed by atoms with E-state index in [0.717, 1.165) is 13.0 Å². The van der Waals surface area contributed by atoms with Crippen LogP contribution in [0.3, 0.4) is 0 Å². The molecule has 0 aliphatic heterocycles. The Morgan fingerprint density at radius 2 is 0.921 bits per heavy atom. The van der Waals surface area contributed by atoms with E-state index in [4.69, 9.17) is 5.73 Å². The number of halogens is 14. The fourth-order valence-corrected chi connectivity index (χ4v) is 2.94. The molecule has 0 radical (unpaired) electrons. The van der Waals surface area contributed by atoms with Crippen LogP contribution in [0.1, 0.15) is 22.3 Å². The highest BCUT2D eigenvalue weighted by Gasteiger charge is 2.74. The number of nitrogens with zero attached hydrogens (tertiary/aromatic N) is 1. The molecule has 0 bridgehead atoms. The van der Waals surface area contributed by atoms with Crippen LogP contribution < -0.4 is 5.73 Å². The van der Waals surface area contributed by atoms with Crippen molar-refractivity contribution in [3.8, 4) is 0 Å². The van der Waals surface area contributed by atoms with Gasteiger partial charge >= 0.3 is 36.0 Å². The van der Waals surface area contributed by atoms with Crippen molar-refractivity contribution >= 4 is 11.4 Å². The monoisotopic (exact) mass is 580 g/mol. The lowest BCUT2D eigenvalue weighted by Gasteiger charge is -2.30. The van der Waals surface area contributed by atoms with Crippen molar-refractivity contribution in [3.05, 3.63) is 68.8 Å². The van der Waals surface area contributed by atoms with E-state index in [1.54, 1.807) is 0 Å². The van der Waals surface area contributed by atoms with Gasteiger partial charge in [-0.2, -0.15) is 52.7 Å². The molecule has 38 heavy (non-hydrogen) atoms. The fourth-order valence-electron chi connectivity index (χ4n) is 2.94. The van der Waals surface area contributed by atoms with Gasteiger partial charge in [0, 0.05) is 28.4 Å². The van der Waals surface area contributed by atoms with Gasteiger partial charge in [-0.15, -0.1) is 0 Å². The first kappa shape index (κ1) is 32.7. The Labute approximate surface area is 203 Å². The van der Waals surface area contributed by atoms with Crippen LogP contribution in [-0.2, 0) is 11.3 Å². The van der Waals surface area contributed by atoms with Gasteiger partial charge in [-0.25, -0.2) is 8.78 Å². The maximum Gasteiger partial charge on any atom is 0.435 e. The average molecular weight is 580 g/mol. The third kappa shape index (κ3) is 5.87. The molecular formula is C20H14F14N2O2. The van der Waals surface area contributed by atoms with Gasteiger partial charge in [-0.3, -0.25) is 10.1 Å². The summed E-state index contributed by atoms with van der Waals surface area (Å²) in [5.41, 5.74) is -10.3. The number of nitro groups is 1. The van der Waals surface area contributed by atoms with Crippen molar-refractivity contribution in [3.63, 3.8) is 0 Å². The van der Waals surface area contributed by atoms with E-state index >= 15 is 0 Å². The number of benzene rings is 2. The molecule has 2 aromatic rings. The summed E-state index contributed by atoms with van der Waals surface area (Å²) in [7, 11) is 0. The first-order chi connectivity index (χ1) is 16.7. The highest BCUT2D eigenvalue weighted by Crippen LogP contribution is 2.54. The zero-order chi connectivity index (χ0) is 30.3. The van der Waals surface area contributed by atoms with Crippen LogP contribution in [0.25, 0.3) is 0 Å². The zero-order valence-corrected chi connectivity index (χ0v) is 18.6. The molecule has 0 unspecified atom stereocenters. The van der Waals surface area contributed by atoms with E-state index in [9.17, 15) is 71.6 Å². The Kier molecular flexibility index (Phi) is 8.68. The summed E-state index contributed by atoms with van der Waals surface area (Å²) in [4.78, 5) is 9.44. The van der Waals surface area contributed by atoms with Crippen molar-refractivity contribution in [1.82, 2.24) is 0 Å². The van der Waals surface area contributed by atoms with Crippen molar-refractivity contribution in [1.29, 1.82) is 0 Å². The molecule has 0 aliphatic rings. The van der Waals surface area contributed by atoms with Crippen molar-refractivity contribution in [2.75, 3.05) is 5.73 Å². The number of alkyl halides is 14. The zero-order valence-electron chi connectivity index (χ0n) is 18.6. The molecule has 0 heterocycles. The third-order valence-electron chi connectivity index (χ3n) is 5.02. The highest BCUT2D eigenvalue weighted by atomic mass is 19.4. The highest BCUT2D eigenvalue weighted by molar-refractivity contribution is 5.49. The third-order valence-corrected chi connectivity index (χ3v) is 5.02. The van der Waals surface area contributed by atoms with E-state index < -0.39 is 63.3 Å². The number of hydrogen-bond donors (Lipinski definition) is 1. The van der Waals surface area contributed by atoms with E-state index in [0.29, 0.717) is 18.2 Å². The predicted molar refractivity (Wildman–Crippen MR) is 103 cm³/mol. The van der Waals surface area contributed by atoms with Crippen LogP contribution in [0.4, 0.5) is 72.8 Å². The lowest BCUT2D eigenvalue weighted by Crippen LogP contribution is -2.50. The molecule has 0 amide bonds. The Balaban J connectivity index is 0.000000382. The van der Waals surface area contributed by atoms with Crippen LogP contribution in [0, 0.1) is 24.0 Å². The average Bonchev–Trinajstić information content (AvgIpc) is 2.71. The number of nitrogen functional groups attached to an aromatic ring is 1. The van der Waals surface area contributed by atoms with E-state index in [1.165, 1.54) is 6.92 Å². The molecule has 0 saturated heterocycles. The number of rotatable bonds is 3. The van der Waals surface area contributed by atoms with Crippen molar-refractivity contribution in [2.45, 2.75) is 49.9 Å². The molecule has 0 aromatic heterocycles. The summed E-state index contributed by atoms with van der Waals surface area (Å²) < 4.78 is 176. The van der Waals surface area contributed by atoms with Crippen LogP contribution in [0.15, 0.2) is 36.4 Å². The first-order valence-corrected chi connectivity index (χ1v) is 9.50. The predicted octanol–water partition coefficient (Wildman–Crippen LogP) is 8.06. The van der Waals surface area contributed by atoms with Gasteiger partial charge in [0.25, 0.3) is 5.69 Å². The van der Waals surface area contributed by atoms with Crippen molar-refractivity contribution in [2.24, 2.45) is 0 Å². The summed E-state index contributed by atoms with van der Waals surface area (Å²) in [6, 6.07) is 2.29. The van der Waals surface area contributed by atoms with Crippen LogP contribution in [0.5, 0.6) is 0 Å². The Morgan fingerprint density at radius 3 is 1.18 bits per heavy atom. The first-order valence-electron chi connectivity index (χ1n) is 9.50. The van der Waals surface area contributed by atoms with Crippen LogP contribution >= 0.6 is 0 Å². The summed E-state index contributed by atoms with van der Waals surface area (Å²) in [5.74, 6) is 0. The molecule has 4 nitrogen and oxygen atoms in total. The van der Waals surface area contributed by atoms with E-state index in [2.05, 4.69) is 0 Å². The standard InChI is InChI=1S/C10H6F7NO2.C10H8F7N/c1-5-4-6(2-3-7(5)18(19)20)8(11,9(12,13)14)10(15,16)17;1-5-4-6(2-3-7(5)18)8(11,9(12,13)14)10(15,16)17/h2-4H,1H3;2-4H,18H2,1H3. The van der Waals surface area contributed by atoms with Gasteiger partial charge < -0.3 is 5.73 Å². The Morgan fingerprint density at radius 1 is 0.605 bits per heavy atom. The van der Waals surface area contributed by atoms with Gasteiger partial charge in [0.05, 0.1) is 4.92 Å². The van der Waals surface area contributed by atoms with Gasteiger partial charge in [0.15, 0.2) is 0 Å². The van der Waals surface area contributed by atoms with Crippen LogP contribution in [-0.4, -0.2) is 29.6 Å². The largest absolute Gasteiger partial charge is 0.435 e. The SMILES string of the molecule is Cc1cc(C(F)(C(F)(F)F)C(F)(F)F)ccc1N.Cc1cc(C(F)(C(F)(F)F)C(F)(F)F)ccc1[N+](=O)[O-]. The molecule has 0 fully saturated rings. The normalized spacial score (nSPS) is 13.6. The maximum atomic E-state index is 13.6. The minimum Gasteiger partial charge on any atom is -0.399 e. The lowest BCUT2D eigenvalue weighted by atomic mass is 9.92. The molecule has 18 heteroatoms. The van der Waals surface area contributed by atoms with Crippen LogP contribution in [0.2, 0.25) is 0 Å². The maximum absolute atomic E-state index is 13.6. The number of aryl methyl sites for hydroxylation is 2. The fraction of sp³-hybridized carbons (Fsp3) is 0.400. The Bertz CT molecular complexity index is 1140. The number of anilines is 1. The number of nitrogens with two attached hydrogens (primary N) is 1. The van der Waals surface area contributed by atoms with E-state index in [1.807, 2.05) is 0 Å². The topological polar surface area (TPSA) is 69.2 Å². The minimum atomic E-state index is -6.24. The summed E-state index contributed by atoms with van der Waals surface area (Å²) in [5, 5.41) is 10.4. The molecule has 2 aromatic carbocycles. The second-order valence-electron chi connectivity index (χ2n) is 7.64. The quantitative estimate of drug-likeness (QED) is 0.173. The van der Waals surface area contributed by atoms with Gasteiger partial charge in [0.1, 0.15) is 0 Å².